The molecule has 0 aromatic heterocycles. The minimum atomic E-state index is -0.977. The molecule has 6 atom stereocenters. The van der Waals surface area contributed by atoms with Gasteiger partial charge < -0.3 is 19.3 Å². The number of hydrogen-bond donors (Lipinski definition) is 1. The third-order valence-electron chi connectivity index (χ3n) is 5.75. The molecule has 0 amide bonds. The third-order valence-corrected chi connectivity index (χ3v) is 5.75. The highest BCUT2D eigenvalue weighted by atomic mass is 16.6. The number of allylic oxidation sites excluding steroid dienone is 1. The number of carbonyl (C=O) groups excluding carboxylic acids is 2. The first-order valence-electron chi connectivity index (χ1n) is 8.94. The molecule has 0 aromatic carbocycles. The predicted molar refractivity (Wildman–Crippen MR) is 94.1 cm³/mol. The Hall–Kier alpha value is -1.92. The summed E-state index contributed by atoms with van der Waals surface area (Å²) in [7, 11) is 0. The van der Waals surface area contributed by atoms with Crippen molar-refractivity contribution in [3.8, 4) is 0 Å². The van der Waals surface area contributed by atoms with Crippen molar-refractivity contribution < 1.29 is 28.9 Å². The molecule has 3 aliphatic rings. The van der Waals surface area contributed by atoms with E-state index in [2.05, 4.69) is 6.58 Å². The molecule has 6 heteroatoms. The average Bonchev–Trinajstić information content (AvgIpc) is 3.15. The van der Waals surface area contributed by atoms with Gasteiger partial charge in [0.05, 0.1) is 17.6 Å². The van der Waals surface area contributed by atoms with Gasteiger partial charge in [0.25, 0.3) is 0 Å². The van der Waals surface area contributed by atoms with E-state index in [9.17, 15) is 14.7 Å². The average molecular weight is 362 g/mol. The van der Waals surface area contributed by atoms with Crippen LogP contribution in [0.4, 0.5) is 0 Å². The number of hydrogen-bond acceptors (Lipinski definition) is 6. The van der Waals surface area contributed by atoms with E-state index in [1.54, 1.807) is 26.8 Å². The van der Waals surface area contributed by atoms with Crippen molar-refractivity contribution in [1.82, 2.24) is 0 Å². The number of aliphatic hydroxyl groups excluding tert-OH is 1. The number of esters is 2. The van der Waals surface area contributed by atoms with Crippen molar-refractivity contribution in [3.05, 3.63) is 35.5 Å². The fraction of sp³-hybridized carbons (Fsp3) is 0.600. The lowest BCUT2D eigenvalue weighted by molar-refractivity contribution is -0.151. The molecule has 2 heterocycles. The Labute approximate surface area is 153 Å². The Morgan fingerprint density at radius 3 is 2.85 bits per heavy atom. The summed E-state index contributed by atoms with van der Waals surface area (Å²) in [5.74, 6) is -1.63. The number of aliphatic hydroxyl groups is 1. The standard InChI is InChI=1S/C20H26O6/c1-6-10(2)18(22)24-13-9-20(5)14(26-20)8-7-11(3)16(21)17-15(13)12(4)19(23)25-17/h6-7,13-17,21H,4,8-9H2,1-3,5H3. The SMILES string of the molecule is C=C1C(=O)OC2C(O)C(C)=CCC3OC3(C)CC(OC(=O)C(C)=CC)C12. The second-order valence-corrected chi connectivity index (χ2v) is 7.59. The molecule has 0 bridgehead atoms. The molecule has 142 valence electrons. The predicted octanol–water partition coefficient (Wildman–Crippen LogP) is 2.22. The first-order valence-corrected chi connectivity index (χ1v) is 8.94. The van der Waals surface area contributed by atoms with Gasteiger partial charge in [-0.15, -0.1) is 0 Å². The molecular weight excluding hydrogens is 336 g/mol. The van der Waals surface area contributed by atoms with Gasteiger partial charge in [0, 0.05) is 17.6 Å². The molecule has 1 N–H and O–H groups in total. The van der Waals surface area contributed by atoms with Gasteiger partial charge in [0.2, 0.25) is 0 Å². The zero-order valence-electron chi connectivity index (χ0n) is 15.7. The molecule has 6 nitrogen and oxygen atoms in total. The number of carbonyl (C=O) groups is 2. The topological polar surface area (TPSA) is 85.4 Å². The fourth-order valence-electron chi connectivity index (χ4n) is 3.73. The van der Waals surface area contributed by atoms with Crippen molar-refractivity contribution in [3.63, 3.8) is 0 Å². The van der Waals surface area contributed by atoms with Crippen LogP contribution < -0.4 is 0 Å². The van der Waals surface area contributed by atoms with E-state index in [0.29, 0.717) is 24.0 Å². The summed E-state index contributed by atoms with van der Waals surface area (Å²) in [6, 6.07) is 0. The maximum absolute atomic E-state index is 12.4. The van der Waals surface area contributed by atoms with Crippen molar-refractivity contribution in [2.45, 2.75) is 70.6 Å². The van der Waals surface area contributed by atoms with Crippen LogP contribution in [0.1, 0.15) is 40.5 Å². The fourth-order valence-corrected chi connectivity index (χ4v) is 3.73. The highest BCUT2D eigenvalue weighted by Gasteiger charge is 2.57. The van der Waals surface area contributed by atoms with Crippen molar-refractivity contribution >= 4 is 11.9 Å². The third kappa shape index (κ3) is 3.23. The lowest BCUT2D eigenvalue weighted by Crippen LogP contribution is -2.42. The molecule has 0 radical (unpaired) electrons. The minimum absolute atomic E-state index is 0.00324. The molecule has 6 unspecified atom stereocenters. The Balaban J connectivity index is 1.98. The van der Waals surface area contributed by atoms with Crippen LogP contribution in [-0.4, -0.2) is 47.1 Å². The Morgan fingerprint density at radius 2 is 2.19 bits per heavy atom. The molecule has 0 saturated carbocycles. The number of ether oxygens (including phenoxy) is 3. The van der Waals surface area contributed by atoms with Gasteiger partial charge in [-0.2, -0.15) is 0 Å². The molecule has 2 saturated heterocycles. The highest BCUT2D eigenvalue weighted by molar-refractivity contribution is 5.91. The van der Waals surface area contributed by atoms with Crippen LogP contribution in [-0.2, 0) is 23.8 Å². The molecule has 0 spiro atoms. The van der Waals surface area contributed by atoms with Crippen molar-refractivity contribution in [2.75, 3.05) is 0 Å². The van der Waals surface area contributed by atoms with Crippen molar-refractivity contribution in [2.24, 2.45) is 5.92 Å². The molecule has 1 aliphatic carbocycles. The van der Waals surface area contributed by atoms with Gasteiger partial charge in [-0.05, 0) is 39.7 Å². The number of rotatable bonds is 2. The quantitative estimate of drug-likeness (QED) is 0.351. The lowest BCUT2D eigenvalue weighted by atomic mass is 9.80. The summed E-state index contributed by atoms with van der Waals surface area (Å²) >= 11 is 0. The summed E-state index contributed by atoms with van der Waals surface area (Å²) in [5.41, 5.74) is 0.963. The minimum Gasteiger partial charge on any atom is -0.458 e. The number of epoxide rings is 1. The van der Waals surface area contributed by atoms with Gasteiger partial charge in [-0.1, -0.05) is 18.7 Å². The monoisotopic (exact) mass is 362 g/mol. The van der Waals surface area contributed by atoms with Gasteiger partial charge in [-0.3, -0.25) is 0 Å². The molecule has 26 heavy (non-hydrogen) atoms. The molecule has 0 aromatic rings. The largest absolute Gasteiger partial charge is 0.458 e. The van der Waals surface area contributed by atoms with E-state index in [1.165, 1.54) is 0 Å². The molecular formula is C20H26O6. The Bertz CT molecular complexity index is 705. The van der Waals surface area contributed by atoms with E-state index in [1.807, 2.05) is 13.0 Å². The van der Waals surface area contributed by atoms with Crippen molar-refractivity contribution in [1.29, 1.82) is 0 Å². The lowest BCUT2D eigenvalue weighted by Gasteiger charge is -2.31. The molecule has 2 fully saturated rings. The summed E-state index contributed by atoms with van der Waals surface area (Å²) in [6.45, 7) is 11.0. The maximum Gasteiger partial charge on any atom is 0.334 e. The summed E-state index contributed by atoms with van der Waals surface area (Å²) in [4.78, 5) is 24.5. The van der Waals surface area contributed by atoms with Crippen LogP contribution in [0.3, 0.4) is 0 Å². The summed E-state index contributed by atoms with van der Waals surface area (Å²) in [5, 5.41) is 10.7. The zero-order valence-corrected chi connectivity index (χ0v) is 15.7. The summed E-state index contributed by atoms with van der Waals surface area (Å²) < 4.78 is 17.0. The first kappa shape index (κ1) is 18.9. The van der Waals surface area contributed by atoms with Gasteiger partial charge in [0.15, 0.2) is 0 Å². The molecule has 2 aliphatic heterocycles. The van der Waals surface area contributed by atoms with Gasteiger partial charge in [-0.25, -0.2) is 9.59 Å². The zero-order chi connectivity index (χ0) is 19.2. The van der Waals surface area contributed by atoms with E-state index in [-0.39, 0.29) is 11.7 Å². The number of fused-ring (bicyclic) bond motifs is 2. The van der Waals surface area contributed by atoms with Crippen LogP contribution in [0.25, 0.3) is 0 Å². The van der Waals surface area contributed by atoms with E-state index in [0.717, 1.165) is 0 Å². The highest BCUT2D eigenvalue weighted by Crippen LogP contribution is 2.47. The molecule has 3 rings (SSSR count). The second kappa shape index (κ2) is 6.67. The Morgan fingerprint density at radius 1 is 1.50 bits per heavy atom. The van der Waals surface area contributed by atoms with Gasteiger partial charge in [0.1, 0.15) is 18.3 Å². The normalized spacial score (nSPS) is 40.1. The van der Waals surface area contributed by atoms with E-state index < -0.39 is 41.8 Å². The Kier molecular flexibility index (Phi) is 4.84. The summed E-state index contributed by atoms with van der Waals surface area (Å²) in [6.07, 6.45) is 2.18. The van der Waals surface area contributed by atoms with Crippen LogP contribution in [0.2, 0.25) is 0 Å². The first-order chi connectivity index (χ1) is 12.2. The van der Waals surface area contributed by atoms with Crippen LogP contribution in [0.5, 0.6) is 0 Å². The van der Waals surface area contributed by atoms with Crippen LogP contribution in [0, 0.1) is 5.92 Å². The maximum atomic E-state index is 12.4. The van der Waals surface area contributed by atoms with Gasteiger partial charge >= 0.3 is 11.9 Å². The van der Waals surface area contributed by atoms with E-state index >= 15 is 0 Å². The smallest absolute Gasteiger partial charge is 0.334 e. The second-order valence-electron chi connectivity index (χ2n) is 7.59. The van der Waals surface area contributed by atoms with E-state index in [4.69, 9.17) is 14.2 Å². The van der Waals surface area contributed by atoms with Crippen LogP contribution in [0.15, 0.2) is 35.5 Å². The van der Waals surface area contributed by atoms with Crippen LogP contribution >= 0.6 is 0 Å².